The molecule has 10 aromatic carbocycles. The quantitative estimate of drug-likeness (QED) is 0.169. The summed E-state index contributed by atoms with van der Waals surface area (Å²) in [4.78, 5) is 2.39. The normalized spacial score (nSPS) is 11.7. The highest BCUT2D eigenvalue weighted by Crippen LogP contribution is 2.48. The summed E-state index contributed by atoms with van der Waals surface area (Å²) >= 11 is 0. The molecule has 2 aromatic heterocycles. The smallest absolute Gasteiger partial charge is 0.143 e. The average molecular weight is 754 g/mol. The van der Waals surface area contributed by atoms with Crippen molar-refractivity contribution in [1.29, 1.82) is 0 Å². The number of anilines is 3. The third kappa shape index (κ3) is 5.36. The van der Waals surface area contributed by atoms with Gasteiger partial charge < -0.3 is 13.7 Å². The van der Waals surface area contributed by atoms with E-state index in [2.05, 4.69) is 205 Å². The molecule has 3 heteroatoms. The zero-order valence-electron chi connectivity index (χ0n) is 32.0. The largest absolute Gasteiger partial charge is 0.455 e. The first-order chi connectivity index (χ1) is 29.3. The van der Waals surface area contributed by atoms with Crippen molar-refractivity contribution in [1.82, 2.24) is 0 Å². The van der Waals surface area contributed by atoms with E-state index in [0.717, 1.165) is 88.4 Å². The van der Waals surface area contributed by atoms with Gasteiger partial charge in [0.1, 0.15) is 22.3 Å². The van der Waals surface area contributed by atoms with Crippen LogP contribution in [0, 0.1) is 0 Å². The van der Waals surface area contributed by atoms with E-state index in [1.165, 1.54) is 27.5 Å². The lowest BCUT2D eigenvalue weighted by atomic mass is 9.96. The summed E-state index contributed by atoms with van der Waals surface area (Å²) < 4.78 is 13.4. The molecular weight excluding hydrogens is 719 g/mol. The summed E-state index contributed by atoms with van der Waals surface area (Å²) in [6, 6.07) is 75.6. The van der Waals surface area contributed by atoms with Crippen molar-refractivity contribution >= 4 is 82.5 Å². The summed E-state index contributed by atoms with van der Waals surface area (Å²) in [7, 11) is 0. The predicted octanol–water partition coefficient (Wildman–Crippen LogP) is 16.3. The first-order valence-corrected chi connectivity index (χ1v) is 20.1. The first kappa shape index (κ1) is 33.3. The van der Waals surface area contributed by atoms with E-state index < -0.39 is 0 Å². The van der Waals surface area contributed by atoms with Crippen molar-refractivity contribution in [2.45, 2.75) is 0 Å². The minimum atomic E-state index is 0.846. The standard InChI is InChI=1S/C56H35NO2/c1-3-15-42-38(12-1)14-9-19-43(42)40-28-26-36(27-29-40)37-30-33-41(34-31-37)57(51-23-11-25-53-54(51)49-35-32-39-13-2-4-16-44(39)55(49)59-53)50-22-7-5-17-45(50)47-20-10-21-48-46-18-6-8-24-52(46)58-56(47)48/h1-35H. The van der Waals surface area contributed by atoms with Gasteiger partial charge in [-0.25, -0.2) is 0 Å². The van der Waals surface area contributed by atoms with Crippen molar-refractivity contribution < 1.29 is 8.83 Å². The second-order valence-corrected chi connectivity index (χ2v) is 15.2. The van der Waals surface area contributed by atoms with Gasteiger partial charge in [0.05, 0.1) is 16.8 Å². The lowest BCUT2D eigenvalue weighted by Crippen LogP contribution is -2.11. The minimum absolute atomic E-state index is 0.846. The number of hydrogen-bond donors (Lipinski definition) is 0. The van der Waals surface area contributed by atoms with Crippen LogP contribution in [0.25, 0.3) is 98.8 Å². The molecule has 0 aliphatic rings. The maximum atomic E-state index is 6.74. The molecule has 276 valence electrons. The molecule has 0 aliphatic heterocycles. The molecule has 0 atom stereocenters. The first-order valence-electron chi connectivity index (χ1n) is 20.1. The Morgan fingerprint density at radius 2 is 0.831 bits per heavy atom. The van der Waals surface area contributed by atoms with Crippen LogP contribution in [0.5, 0.6) is 0 Å². The molecule has 0 radical (unpaired) electrons. The van der Waals surface area contributed by atoms with Gasteiger partial charge in [-0.2, -0.15) is 0 Å². The van der Waals surface area contributed by atoms with Crippen LogP contribution in [-0.2, 0) is 0 Å². The fourth-order valence-electron chi connectivity index (χ4n) is 9.11. The van der Waals surface area contributed by atoms with E-state index in [9.17, 15) is 0 Å². The highest BCUT2D eigenvalue weighted by Gasteiger charge is 2.24. The van der Waals surface area contributed by atoms with Gasteiger partial charge in [0.15, 0.2) is 0 Å². The van der Waals surface area contributed by atoms with E-state index in [1.54, 1.807) is 0 Å². The van der Waals surface area contributed by atoms with Gasteiger partial charge in [0.2, 0.25) is 0 Å². The van der Waals surface area contributed by atoms with Crippen LogP contribution in [0.15, 0.2) is 221 Å². The van der Waals surface area contributed by atoms with E-state index in [0.29, 0.717) is 0 Å². The number of para-hydroxylation sites is 3. The molecule has 0 spiro atoms. The van der Waals surface area contributed by atoms with Crippen LogP contribution in [-0.4, -0.2) is 0 Å². The van der Waals surface area contributed by atoms with Crippen molar-refractivity contribution in [3.05, 3.63) is 212 Å². The molecule has 12 aromatic rings. The maximum Gasteiger partial charge on any atom is 0.143 e. The molecule has 12 rings (SSSR count). The Bertz CT molecular complexity index is 3550. The lowest BCUT2D eigenvalue weighted by Gasteiger charge is -2.28. The number of fused-ring (bicyclic) bond motifs is 9. The molecular formula is C56H35NO2. The molecule has 0 fully saturated rings. The van der Waals surface area contributed by atoms with Crippen LogP contribution in [0.3, 0.4) is 0 Å². The lowest BCUT2D eigenvalue weighted by molar-refractivity contribution is 0.670. The van der Waals surface area contributed by atoms with E-state index in [1.807, 2.05) is 12.1 Å². The van der Waals surface area contributed by atoms with Crippen molar-refractivity contribution in [2.24, 2.45) is 0 Å². The Hall–Kier alpha value is -7.88. The molecule has 0 bridgehead atoms. The van der Waals surface area contributed by atoms with Crippen LogP contribution in [0.2, 0.25) is 0 Å². The number of benzene rings is 10. The summed E-state index contributed by atoms with van der Waals surface area (Å²) in [5.74, 6) is 0. The highest BCUT2D eigenvalue weighted by atomic mass is 16.3. The molecule has 0 saturated heterocycles. The Morgan fingerprint density at radius 3 is 1.68 bits per heavy atom. The van der Waals surface area contributed by atoms with E-state index in [4.69, 9.17) is 8.83 Å². The minimum Gasteiger partial charge on any atom is -0.455 e. The molecule has 0 unspecified atom stereocenters. The number of hydrogen-bond acceptors (Lipinski definition) is 3. The second-order valence-electron chi connectivity index (χ2n) is 15.2. The summed E-state index contributed by atoms with van der Waals surface area (Å²) in [6.45, 7) is 0. The number of rotatable bonds is 6. The zero-order valence-corrected chi connectivity index (χ0v) is 32.0. The fraction of sp³-hybridized carbons (Fsp3) is 0. The molecule has 2 heterocycles. The monoisotopic (exact) mass is 753 g/mol. The van der Waals surface area contributed by atoms with Crippen LogP contribution in [0.1, 0.15) is 0 Å². The van der Waals surface area contributed by atoms with Gasteiger partial charge in [-0.1, -0.05) is 170 Å². The summed E-state index contributed by atoms with van der Waals surface area (Å²) in [5, 5.41) is 9.13. The second kappa shape index (κ2) is 13.4. The predicted molar refractivity (Wildman–Crippen MR) is 247 cm³/mol. The Kier molecular flexibility index (Phi) is 7.54. The molecule has 0 aliphatic carbocycles. The fourth-order valence-corrected chi connectivity index (χ4v) is 9.11. The van der Waals surface area contributed by atoms with Crippen LogP contribution < -0.4 is 4.90 Å². The van der Waals surface area contributed by atoms with Crippen LogP contribution in [0.4, 0.5) is 17.1 Å². The van der Waals surface area contributed by atoms with Gasteiger partial charge in [-0.3, -0.25) is 0 Å². The summed E-state index contributed by atoms with van der Waals surface area (Å²) in [5.41, 5.74) is 13.5. The van der Waals surface area contributed by atoms with Crippen molar-refractivity contribution in [2.75, 3.05) is 4.90 Å². The summed E-state index contributed by atoms with van der Waals surface area (Å²) in [6.07, 6.45) is 0. The Labute approximate surface area is 340 Å². The van der Waals surface area contributed by atoms with Gasteiger partial charge in [0, 0.05) is 38.4 Å². The molecule has 59 heavy (non-hydrogen) atoms. The van der Waals surface area contributed by atoms with Gasteiger partial charge in [-0.05, 0) is 80.9 Å². The molecule has 0 N–H and O–H groups in total. The third-order valence-electron chi connectivity index (χ3n) is 11.9. The molecule has 3 nitrogen and oxygen atoms in total. The van der Waals surface area contributed by atoms with E-state index in [-0.39, 0.29) is 0 Å². The third-order valence-corrected chi connectivity index (χ3v) is 11.9. The number of furan rings is 2. The maximum absolute atomic E-state index is 6.74. The Balaban J connectivity index is 1.03. The number of nitrogens with zero attached hydrogens (tertiary/aromatic N) is 1. The average Bonchev–Trinajstić information content (AvgIpc) is 3.89. The van der Waals surface area contributed by atoms with Crippen molar-refractivity contribution in [3.8, 4) is 33.4 Å². The molecule has 0 saturated carbocycles. The van der Waals surface area contributed by atoms with Crippen LogP contribution >= 0.6 is 0 Å². The van der Waals surface area contributed by atoms with Gasteiger partial charge in [0.25, 0.3) is 0 Å². The topological polar surface area (TPSA) is 29.5 Å². The Morgan fingerprint density at radius 1 is 0.288 bits per heavy atom. The van der Waals surface area contributed by atoms with Crippen molar-refractivity contribution in [3.63, 3.8) is 0 Å². The highest BCUT2D eigenvalue weighted by molar-refractivity contribution is 6.20. The van der Waals surface area contributed by atoms with E-state index >= 15 is 0 Å². The SMILES string of the molecule is c1ccc(N(c2ccc(-c3ccc(-c4cccc5ccccc45)cc3)cc2)c2cccc3oc4c5ccccc5ccc4c23)c(-c2cccc3c2oc2ccccc23)c1. The molecule has 0 amide bonds. The zero-order chi connectivity index (χ0) is 38.9. The van der Waals surface area contributed by atoms with Gasteiger partial charge >= 0.3 is 0 Å². The van der Waals surface area contributed by atoms with Gasteiger partial charge in [-0.15, -0.1) is 0 Å².